The summed E-state index contributed by atoms with van der Waals surface area (Å²) in [5.41, 5.74) is 5.19. The van der Waals surface area contributed by atoms with Crippen LogP contribution in [0.5, 0.6) is 0 Å². The van der Waals surface area contributed by atoms with Gasteiger partial charge in [-0.05, 0) is 57.9 Å². The maximum absolute atomic E-state index is 13.4. The van der Waals surface area contributed by atoms with E-state index in [1.807, 2.05) is 52.0 Å². The van der Waals surface area contributed by atoms with Gasteiger partial charge in [-0.2, -0.15) is 0 Å². The lowest BCUT2D eigenvalue weighted by atomic mass is 10.0. The molecule has 2 amide bonds. The molecule has 8 nitrogen and oxygen atoms in total. The van der Waals surface area contributed by atoms with E-state index in [2.05, 4.69) is 15.5 Å². The molecule has 0 saturated carbocycles. The second kappa shape index (κ2) is 8.54. The van der Waals surface area contributed by atoms with Gasteiger partial charge in [-0.25, -0.2) is 4.98 Å². The summed E-state index contributed by atoms with van der Waals surface area (Å²) in [5.74, 6) is 0.822. The fourth-order valence-corrected chi connectivity index (χ4v) is 3.97. The predicted octanol–water partition coefficient (Wildman–Crippen LogP) is 4.74. The van der Waals surface area contributed by atoms with Crippen LogP contribution in [0.15, 0.2) is 39.3 Å². The minimum Gasteiger partial charge on any atom is -0.466 e. The minimum atomic E-state index is -0.329. The molecule has 0 aliphatic heterocycles. The molecule has 1 aromatic carbocycles. The molecule has 1 N–H and O–H groups in total. The molecule has 0 aliphatic carbocycles. The fourth-order valence-electron chi connectivity index (χ4n) is 3.97. The number of nitrogens with zero attached hydrogens (tertiary/aromatic N) is 3. The molecule has 4 rings (SSSR count). The van der Waals surface area contributed by atoms with Crippen LogP contribution in [0, 0.1) is 34.6 Å². The zero-order valence-corrected chi connectivity index (χ0v) is 19.6. The lowest BCUT2D eigenvalue weighted by Crippen LogP contribution is -2.35. The van der Waals surface area contributed by atoms with Gasteiger partial charge < -0.3 is 19.2 Å². The highest BCUT2D eigenvalue weighted by Gasteiger charge is 2.24. The van der Waals surface area contributed by atoms with E-state index in [-0.39, 0.29) is 24.1 Å². The average Bonchev–Trinajstić information content (AvgIpc) is 3.30. The molecular formula is C25H26N4O4. The number of nitrogens with one attached hydrogen (secondary N) is 1. The van der Waals surface area contributed by atoms with Crippen molar-refractivity contribution in [3.8, 4) is 11.3 Å². The van der Waals surface area contributed by atoms with Crippen molar-refractivity contribution in [1.82, 2.24) is 15.0 Å². The third-order valence-electron chi connectivity index (χ3n) is 5.64. The predicted molar refractivity (Wildman–Crippen MR) is 125 cm³/mol. The standard InChI is InChI=1S/C25H26N4O4/c1-13-8-7-9-14(2)23(13)27-21(30)12-29(6)25(31)19-11-20(18-10-15(3)32-17(18)5)26-24-22(19)16(4)28-33-24/h7-11H,12H2,1-6H3,(H,27,30). The molecule has 0 spiro atoms. The van der Waals surface area contributed by atoms with Gasteiger partial charge >= 0.3 is 0 Å². The van der Waals surface area contributed by atoms with Crippen molar-refractivity contribution in [1.29, 1.82) is 0 Å². The van der Waals surface area contributed by atoms with E-state index < -0.39 is 0 Å². The van der Waals surface area contributed by atoms with Crippen LogP contribution in [0.1, 0.15) is 38.7 Å². The van der Waals surface area contributed by atoms with Crippen LogP contribution < -0.4 is 5.32 Å². The summed E-state index contributed by atoms with van der Waals surface area (Å²) in [5, 5.41) is 7.44. The van der Waals surface area contributed by atoms with E-state index in [1.54, 1.807) is 20.0 Å². The zero-order valence-electron chi connectivity index (χ0n) is 19.6. The van der Waals surface area contributed by atoms with Crippen molar-refractivity contribution in [2.45, 2.75) is 34.6 Å². The molecule has 0 aliphatic rings. The molecule has 8 heteroatoms. The van der Waals surface area contributed by atoms with E-state index in [0.717, 1.165) is 28.1 Å². The number of hydrogen-bond donors (Lipinski definition) is 1. The summed E-state index contributed by atoms with van der Waals surface area (Å²) in [6.07, 6.45) is 0. The Morgan fingerprint density at radius 2 is 1.76 bits per heavy atom. The van der Waals surface area contributed by atoms with Crippen molar-refractivity contribution >= 4 is 28.6 Å². The van der Waals surface area contributed by atoms with Crippen LogP contribution in [-0.4, -0.2) is 40.4 Å². The lowest BCUT2D eigenvalue weighted by molar-refractivity contribution is -0.116. The number of hydrogen-bond acceptors (Lipinski definition) is 6. The number of likely N-dealkylation sites (N-methyl/N-ethyl adjacent to an activating group) is 1. The van der Waals surface area contributed by atoms with Gasteiger partial charge in [0.15, 0.2) is 0 Å². The highest BCUT2D eigenvalue weighted by Crippen LogP contribution is 2.31. The Morgan fingerprint density at radius 1 is 1.06 bits per heavy atom. The summed E-state index contributed by atoms with van der Waals surface area (Å²) in [4.78, 5) is 32.1. The molecule has 4 aromatic rings. The van der Waals surface area contributed by atoms with E-state index in [1.165, 1.54) is 4.90 Å². The Bertz CT molecular complexity index is 1360. The normalized spacial score (nSPS) is 11.1. The molecule has 33 heavy (non-hydrogen) atoms. The maximum Gasteiger partial charge on any atom is 0.259 e. The summed E-state index contributed by atoms with van der Waals surface area (Å²) in [6, 6.07) is 9.36. The highest BCUT2D eigenvalue weighted by atomic mass is 16.5. The number of carbonyl (C=O) groups excluding carboxylic acids is 2. The van der Waals surface area contributed by atoms with Crippen molar-refractivity contribution in [2.24, 2.45) is 0 Å². The highest BCUT2D eigenvalue weighted by molar-refractivity contribution is 6.08. The van der Waals surface area contributed by atoms with Gasteiger partial charge in [0.25, 0.3) is 11.6 Å². The first kappa shape index (κ1) is 22.3. The Balaban J connectivity index is 1.65. The lowest BCUT2D eigenvalue weighted by Gasteiger charge is -2.19. The number of benzene rings is 1. The summed E-state index contributed by atoms with van der Waals surface area (Å²) in [7, 11) is 1.59. The van der Waals surface area contributed by atoms with Crippen LogP contribution in [0.2, 0.25) is 0 Å². The van der Waals surface area contributed by atoms with E-state index >= 15 is 0 Å². The zero-order chi connectivity index (χ0) is 23.9. The number of para-hydroxylation sites is 1. The van der Waals surface area contributed by atoms with E-state index in [0.29, 0.717) is 28.1 Å². The molecule has 170 valence electrons. The number of carbonyl (C=O) groups is 2. The number of aryl methyl sites for hydroxylation is 5. The van der Waals surface area contributed by atoms with E-state index in [4.69, 9.17) is 8.94 Å². The second-order valence-electron chi connectivity index (χ2n) is 8.31. The maximum atomic E-state index is 13.4. The van der Waals surface area contributed by atoms with Gasteiger partial charge in [0.2, 0.25) is 5.91 Å². The van der Waals surface area contributed by atoms with Gasteiger partial charge in [0.1, 0.15) is 11.5 Å². The fraction of sp³-hybridized carbons (Fsp3) is 0.280. The number of amides is 2. The Morgan fingerprint density at radius 3 is 2.39 bits per heavy atom. The number of rotatable bonds is 5. The third kappa shape index (κ3) is 4.24. The second-order valence-corrected chi connectivity index (χ2v) is 8.31. The monoisotopic (exact) mass is 446 g/mol. The third-order valence-corrected chi connectivity index (χ3v) is 5.64. The van der Waals surface area contributed by atoms with Crippen molar-refractivity contribution in [3.63, 3.8) is 0 Å². The number of anilines is 1. The van der Waals surface area contributed by atoms with Crippen LogP contribution >= 0.6 is 0 Å². The average molecular weight is 447 g/mol. The molecule has 3 heterocycles. The molecule has 0 bridgehead atoms. The van der Waals surface area contributed by atoms with Crippen molar-refractivity contribution in [2.75, 3.05) is 18.9 Å². The number of furan rings is 1. The van der Waals surface area contributed by atoms with Gasteiger partial charge in [-0.1, -0.05) is 23.4 Å². The Hall–Kier alpha value is -3.94. The first-order chi connectivity index (χ1) is 15.7. The largest absolute Gasteiger partial charge is 0.466 e. The summed E-state index contributed by atoms with van der Waals surface area (Å²) >= 11 is 0. The number of pyridine rings is 1. The smallest absolute Gasteiger partial charge is 0.259 e. The Kier molecular flexibility index (Phi) is 5.76. The minimum absolute atomic E-state index is 0.111. The number of fused-ring (bicyclic) bond motifs is 1. The number of aromatic nitrogens is 2. The molecule has 0 atom stereocenters. The topological polar surface area (TPSA) is 101 Å². The van der Waals surface area contributed by atoms with Crippen molar-refractivity contribution < 1.29 is 18.5 Å². The molecule has 0 saturated heterocycles. The quantitative estimate of drug-likeness (QED) is 0.475. The first-order valence-electron chi connectivity index (χ1n) is 10.6. The molecule has 0 fully saturated rings. The first-order valence-corrected chi connectivity index (χ1v) is 10.6. The molecule has 0 unspecified atom stereocenters. The van der Waals surface area contributed by atoms with Crippen LogP contribution in [-0.2, 0) is 4.79 Å². The van der Waals surface area contributed by atoms with Gasteiger partial charge in [-0.15, -0.1) is 0 Å². The molecular weight excluding hydrogens is 420 g/mol. The van der Waals surface area contributed by atoms with Crippen LogP contribution in [0.3, 0.4) is 0 Å². The molecule has 3 aromatic heterocycles. The molecule has 0 radical (unpaired) electrons. The van der Waals surface area contributed by atoms with Gasteiger partial charge in [0.05, 0.1) is 28.9 Å². The van der Waals surface area contributed by atoms with Crippen molar-refractivity contribution in [3.05, 3.63) is 64.2 Å². The summed E-state index contributed by atoms with van der Waals surface area (Å²) in [6.45, 7) is 9.19. The SMILES string of the molecule is Cc1cc(-c2cc(C(=O)N(C)CC(=O)Nc3c(C)cccc3C)c3c(C)noc3n2)c(C)o1. The van der Waals surface area contributed by atoms with Crippen LogP contribution in [0.25, 0.3) is 22.4 Å². The van der Waals surface area contributed by atoms with Crippen LogP contribution in [0.4, 0.5) is 5.69 Å². The Labute approximate surface area is 191 Å². The van der Waals surface area contributed by atoms with E-state index in [9.17, 15) is 9.59 Å². The summed E-state index contributed by atoms with van der Waals surface area (Å²) < 4.78 is 11.0. The van der Waals surface area contributed by atoms with Gasteiger partial charge in [-0.3, -0.25) is 9.59 Å². The van der Waals surface area contributed by atoms with Gasteiger partial charge in [0, 0.05) is 18.3 Å².